The maximum atomic E-state index is 6.21. The lowest BCUT2D eigenvalue weighted by Gasteiger charge is -2.34. The van der Waals surface area contributed by atoms with Crippen molar-refractivity contribution in [1.29, 1.82) is 0 Å². The van der Waals surface area contributed by atoms with Gasteiger partial charge in [0.05, 0.1) is 10.7 Å². The van der Waals surface area contributed by atoms with Crippen LogP contribution in [-0.4, -0.2) is 19.1 Å². The minimum Gasteiger partial charge on any atom is -0.381 e. The van der Waals surface area contributed by atoms with Gasteiger partial charge in [-0.3, -0.25) is 0 Å². The number of piperidine rings is 1. The molecule has 0 amide bonds. The minimum absolute atomic E-state index is 0.445. The summed E-state index contributed by atoms with van der Waals surface area (Å²) in [6.07, 6.45) is 2.19. The van der Waals surface area contributed by atoms with Crippen LogP contribution in [-0.2, 0) is 0 Å². The number of hydrogen-bond acceptors (Lipinski definition) is 2. The van der Waals surface area contributed by atoms with Crippen LogP contribution in [0.15, 0.2) is 48.5 Å². The zero-order valence-corrected chi connectivity index (χ0v) is 13.2. The predicted molar refractivity (Wildman–Crippen MR) is 91.8 cm³/mol. The molecule has 0 radical (unpaired) electrons. The molecule has 1 aliphatic heterocycles. The molecular weight excluding hydrogens is 303 g/mol. The average Bonchev–Trinajstić information content (AvgIpc) is 2.53. The van der Waals surface area contributed by atoms with Crippen LogP contribution >= 0.6 is 23.2 Å². The Kier molecular flexibility index (Phi) is 4.57. The van der Waals surface area contributed by atoms with E-state index in [1.54, 1.807) is 0 Å². The molecule has 110 valence electrons. The van der Waals surface area contributed by atoms with Crippen molar-refractivity contribution in [2.75, 3.05) is 23.3 Å². The maximum Gasteiger partial charge on any atom is 0.0638 e. The van der Waals surface area contributed by atoms with Gasteiger partial charge in [0, 0.05) is 29.8 Å². The molecule has 1 saturated heterocycles. The lowest BCUT2D eigenvalue weighted by atomic mass is 10.0. The second-order valence-corrected chi connectivity index (χ2v) is 6.21. The minimum atomic E-state index is 0.445. The summed E-state index contributed by atoms with van der Waals surface area (Å²) in [4.78, 5) is 2.43. The third kappa shape index (κ3) is 3.63. The van der Waals surface area contributed by atoms with E-state index < -0.39 is 0 Å². The molecule has 0 spiro atoms. The van der Waals surface area contributed by atoms with Crippen LogP contribution in [0.4, 0.5) is 11.4 Å². The fourth-order valence-electron chi connectivity index (χ4n) is 2.75. The summed E-state index contributed by atoms with van der Waals surface area (Å²) >= 11 is 12.2. The number of benzene rings is 2. The second kappa shape index (κ2) is 6.59. The number of anilines is 2. The number of nitrogens with zero attached hydrogens (tertiary/aromatic N) is 1. The summed E-state index contributed by atoms with van der Waals surface area (Å²) in [6.45, 7) is 2.11. The zero-order valence-electron chi connectivity index (χ0n) is 11.7. The van der Waals surface area contributed by atoms with E-state index in [1.165, 1.54) is 5.69 Å². The Morgan fingerprint density at radius 3 is 2.38 bits per heavy atom. The summed E-state index contributed by atoms with van der Waals surface area (Å²) in [6, 6.07) is 16.6. The van der Waals surface area contributed by atoms with E-state index in [4.69, 9.17) is 23.2 Å². The smallest absolute Gasteiger partial charge is 0.0638 e. The molecular formula is C17H18Cl2N2. The highest BCUT2D eigenvalue weighted by Gasteiger charge is 2.19. The van der Waals surface area contributed by atoms with Gasteiger partial charge in [0.25, 0.3) is 0 Å². The SMILES string of the molecule is Clc1ccc(Cl)c(NC2CCN(c3ccccc3)CC2)c1. The monoisotopic (exact) mass is 320 g/mol. The van der Waals surface area contributed by atoms with Crippen LogP contribution in [0.5, 0.6) is 0 Å². The molecule has 0 atom stereocenters. The maximum absolute atomic E-state index is 6.21. The van der Waals surface area contributed by atoms with E-state index in [2.05, 4.69) is 40.5 Å². The quantitative estimate of drug-likeness (QED) is 0.848. The van der Waals surface area contributed by atoms with E-state index in [0.717, 1.165) is 36.6 Å². The fourth-order valence-corrected chi connectivity index (χ4v) is 3.09. The molecule has 1 fully saturated rings. The molecule has 0 saturated carbocycles. The third-order valence-corrected chi connectivity index (χ3v) is 4.47. The van der Waals surface area contributed by atoms with Crippen molar-refractivity contribution in [3.8, 4) is 0 Å². The fraction of sp³-hybridized carbons (Fsp3) is 0.294. The van der Waals surface area contributed by atoms with Gasteiger partial charge in [-0.2, -0.15) is 0 Å². The average molecular weight is 321 g/mol. The molecule has 3 rings (SSSR count). The van der Waals surface area contributed by atoms with Crippen LogP contribution in [0.25, 0.3) is 0 Å². The van der Waals surface area contributed by atoms with Crippen LogP contribution in [0.1, 0.15) is 12.8 Å². The topological polar surface area (TPSA) is 15.3 Å². The van der Waals surface area contributed by atoms with Gasteiger partial charge in [-0.25, -0.2) is 0 Å². The van der Waals surface area contributed by atoms with Gasteiger partial charge < -0.3 is 10.2 Å². The van der Waals surface area contributed by atoms with Gasteiger partial charge in [-0.05, 0) is 43.2 Å². The summed E-state index contributed by atoms with van der Waals surface area (Å²) < 4.78 is 0. The first-order valence-electron chi connectivity index (χ1n) is 7.24. The Morgan fingerprint density at radius 2 is 1.67 bits per heavy atom. The lowest BCUT2D eigenvalue weighted by Crippen LogP contribution is -2.39. The Labute approximate surface area is 135 Å². The summed E-state index contributed by atoms with van der Waals surface area (Å²) in [5.74, 6) is 0. The highest BCUT2D eigenvalue weighted by Crippen LogP contribution is 2.28. The van der Waals surface area contributed by atoms with E-state index in [9.17, 15) is 0 Å². The first-order valence-corrected chi connectivity index (χ1v) is 7.99. The molecule has 1 heterocycles. The number of halogens is 2. The Hall–Kier alpha value is -1.38. The van der Waals surface area contributed by atoms with Gasteiger partial charge >= 0.3 is 0 Å². The van der Waals surface area contributed by atoms with E-state index >= 15 is 0 Å². The van der Waals surface area contributed by atoms with Gasteiger partial charge in [0.15, 0.2) is 0 Å². The molecule has 2 nitrogen and oxygen atoms in total. The number of hydrogen-bond donors (Lipinski definition) is 1. The normalized spacial score (nSPS) is 16.0. The summed E-state index contributed by atoms with van der Waals surface area (Å²) in [5, 5.41) is 4.96. The molecule has 2 aromatic rings. The summed E-state index contributed by atoms with van der Waals surface area (Å²) in [7, 11) is 0. The zero-order chi connectivity index (χ0) is 14.7. The molecule has 0 unspecified atom stereocenters. The highest BCUT2D eigenvalue weighted by molar-refractivity contribution is 6.35. The summed E-state index contributed by atoms with van der Waals surface area (Å²) in [5.41, 5.74) is 2.24. The standard InChI is InChI=1S/C17H18Cl2N2/c18-13-6-7-16(19)17(12-13)20-14-8-10-21(11-9-14)15-4-2-1-3-5-15/h1-7,12,14,20H,8-11H2. The second-order valence-electron chi connectivity index (χ2n) is 5.37. The number of nitrogens with one attached hydrogen (secondary N) is 1. The molecule has 1 aliphatic rings. The van der Waals surface area contributed by atoms with Gasteiger partial charge in [0.2, 0.25) is 0 Å². The van der Waals surface area contributed by atoms with Crippen molar-refractivity contribution in [3.05, 3.63) is 58.6 Å². The number of para-hydroxylation sites is 1. The molecule has 4 heteroatoms. The number of rotatable bonds is 3. The van der Waals surface area contributed by atoms with Crippen LogP contribution in [0.3, 0.4) is 0 Å². The van der Waals surface area contributed by atoms with Crippen LogP contribution in [0, 0.1) is 0 Å². The van der Waals surface area contributed by atoms with E-state index in [-0.39, 0.29) is 0 Å². The van der Waals surface area contributed by atoms with Crippen molar-refractivity contribution in [3.63, 3.8) is 0 Å². The predicted octanol–water partition coefficient (Wildman–Crippen LogP) is 5.07. The third-order valence-electron chi connectivity index (χ3n) is 3.90. The molecule has 0 aromatic heterocycles. The molecule has 0 bridgehead atoms. The molecule has 2 aromatic carbocycles. The largest absolute Gasteiger partial charge is 0.381 e. The Bertz CT molecular complexity index is 593. The van der Waals surface area contributed by atoms with E-state index in [1.807, 2.05) is 18.2 Å². The van der Waals surface area contributed by atoms with Crippen molar-refractivity contribution >= 4 is 34.6 Å². The van der Waals surface area contributed by atoms with E-state index in [0.29, 0.717) is 11.1 Å². The molecule has 0 aliphatic carbocycles. The Balaban J connectivity index is 1.60. The lowest BCUT2D eigenvalue weighted by molar-refractivity contribution is 0.527. The van der Waals surface area contributed by atoms with Gasteiger partial charge in [-0.15, -0.1) is 0 Å². The highest BCUT2D eigenvalue weighted by atomic mass is 35.5. The van der Waals surface area contributed by atoms with Crippen LogP contribution < -0.4 is 10.2 Å². The molecule has 1 N–H and O–H groups in total. The first kappa shape index (κ1) is 14.6. The van der Waals surface area contributed by atoms with Crippen LogP contribution in [0.2, 0.25) is 10.0 Å². The Morgan fingerprint density at radius 1 is 0.952 bits per heavy atom. The molecule has 21 heavy (non-hydrogen) atoms. The van der Waals surface area contributed by atoms with Gasteiger partial charge in [0.1, 0.15) is 0 Å². The first-order chi connectivity index (χ1) is 10.2. The van der Waals surface area contributed by atoms with Crippen molar-refractivity contribution < 1.29 is 0 Å². The van der Waals surface area contributed by atoms with Crippen molar-refractivity contribution in [1.82, 2.24) is 0 Å². The van der Waals surface area contributed by atoms with Crippen molar-refractivity contribution in [2.45, 2.75) is 18.9 Å². The van der Waals surface area contributed by atoms with Crippen molar-refractivity contribution in [2.24, 2.45) is 0 Å². The van der Waals surface area contributed by atoms with Gasteiger partial charge in [-0.1, -0.05) is 41.4 Å².